The average Bonchev–Trinajstić information content (AvgIpc) is 2.14. The van der Waals surface area contributed by atoms with Crippen molar-refractivity contribution in [3.63, 3.8) is 0 Å². The van der Waals surface area contributed by atoms with Gasteiger partial charge in [-0.05, 0) is 24.7 Å². The van der Waals surface area contributed by atoms with Crippen LogP contribution < -0.4 is 0 Å². The maximum absolute atomic E-state index is 11.1. The van der Waals surface area contributed by atoms with Gasteiger partial charge in [0.25, 0.3) is 0 Å². The van der Waals surface area contributed by atoms with Crippen molar-refractivity contribution in [1.29, 1.82) is 0 Å². The minimum absolute atomic E-state index is 0.151. The van der Waals surface area contributed by atoms with Crippen LogP contribution in [0, 0.1) is 11.8 Å². The molecule has 0 saturated carbocycles. The second kappa shape index (κ2) is 8.34. The third-order valence-corrected chi connectivity index (χ3v) is 5.58. The fourth-order valence-electron chi connectivity index (χ4n) is 1.85. The van der Waals surface area contributed by atoms with Crippen LogP contribution in [0.4, 0.5) is 0 Å². The van der Waals surface area contributed by atoms with Crippen LogP contribution in [0.2, 0.25) is 0 Å². The molecular formula is C11H24O4S2. The predicted octanol–water partition coefficient (Wildman–Crippen LogP) is 2.65. The lowest BCUT2D eigenvalue weighted by Crippen LogP contribution is -2.24. The Balaban J connectivity index is 4.19. The van der Waals surface area contributed by atoms with E-state index in [4.69, 9.17) is 9.11 Å². The number of rotatable bonds is 8. The molecular weight excluding hydrogens is 260 g/mol. The molecule has 4 nitrogen and oxygen atoms in total. The van der Waals surface area contributed by atoms with Gasteiger partial charge in [0.15, 0.2) is 22.2 Å². The lowest BCUT2D eigenvalue weighted by molar-refractivity contribution is 0.451. The fraction of sp³-hybridized carbons (Fsp3) is 1.00. The second-order valence-corrected chi connectivity index (χ2v) is 7.36. The smallest absolute Gasteiger partial charge is 0.156 e. The Bertz CT molecular complexity index is 240. The van der Waals surface area contributed by atoms with E-state index in [2.05, 4.69) is 0 Å². The Kier molecular flexibility index (Phi) is 8.45. The minimum atomic E-state index is -1.81. The molecule has 0 bridgehead atoms. The first-order valence-electron chi connectivity index (χ1n) is 5.96. The molecule has 0 aromatic carbocycles. The largest absolute Gasteiger partial charge is 0.306 e. The van der Waals surface area contributed by atoms with Crippen molar-refractivity contribution in [1.82, 2.24) is 0 Å². The molecule has 0 aromatic heterocycles. The summed E-state index contributed by atoms with van der Waals surface area (Å²) < 4.78 is 40.4. The van der Waals surface area contributed by atoms with E-state index in [1.165, 1.54) is 0 Å². The van der Waals surface area contributed by atoms with Gasteiger partial charge in [0.05, 0.1) is 10.5 Å². The maximum Gasteiger partial charge on any atom is 0.156 e. The van der Waals surface area contributed by atoms with Gasteiger partial charge in [0, 0.05) is 0 Å². The molecule has 4 unspecified atom stereocenters. The average molecular weight is 284 g/mol. The fourth-order valence-corrected chi connectivity index (χ4v) is 3.52. The van der Waals surface area contributed by atoms with E-state index in [-0.39, 0.29) is 22.3 Å². The molecule has 0 radical (unpaired) electrons. The van der Waals surface area contributed by atoms with Gasteiger partial charge in [-0.25, -0.2) is 8.42 Å². The molecule has 0 spiro atoms. The van der Waals surface area contributed by atoms with Gasteiger partial charge in [-0.2, -0.15) is 0 Å². The highest BCUT2D eigenvalue weighted by molar-refractivity contribution is 7.80. The summed E-state index contributed by atoms with van der Waals surface area (Å²) in [7, 11) is 0. The molecule has 0 aliphatic carbocycles. The summed E-state index contributed by atoms with van der Waals surface area (Å²) in [5, 5.41) is -0.482. The third-order valence-electron chi connectivity index (χ3n) is 2.98. The highest BCUT2D eigenvalue weighted by Gasteiger charge is 2.22. The van der Waals surface area contributed by atoms with E-state index in [0.717, 1.165) is 0 Å². The van der Waals surface area contributed by atoms with E-state index in [9.17, 15) is 8.42 Å². The van der Waals surface area contributed by atoms with Crippen molar-refractivity contribution in [2.75, 3.05) is 0 Å². The van der Waals surface area contributed by atoms with Crippen LogP contribution in [-0.2, 0) is 22.2 Å². The van der Waals surface area contributed by atoms with E-state index in [0.29, 0.717) is 19.3 Å². The topological polar surface area (TPSA) is 74.6 Å². The standard InChI is InChI=1S/C11H24O4S2/c1-8(2)10(16(12)13)6-5-7-11(9(3)4)17(14)15/h8-11H,5-7H2,1-4H3,(H,12,13)(H,14,15). The Morgan fingerprint density at radius 2 is 1.12 bits per heavy atom. The van der Waals surface area contributed by atoms with E-state index in [1.54, 1.807) is 0 Å². The van der Waals surface area contributed by atoms with E-state index in [1.807, 2.05) is 27.7 Å². The molecule has 0 fully saturated rings. The van der Waals surface area contributed by atoms with Crippen LogP contribution in [0.25, 0.3) is 0 Å². The van der Waals surface area contributed by atoms with Crippen molar-refractivity contribution in [3.05, 3.63) is 0 Å². The van der Waals surface area contributed by atoms with Gasteiger partial charge in [0.2, 0.25) is 0 Å². The van der Waals surface area contributed by atoms with E-state index < -0.39 is 22.2 Å². The Morgan fingerprint density at radius 1 is 0.824 bits per heavy atom. The summed E-state index contributed by atoms with van der Waals surface area (Å²) in [5.74, 6) is 0.302. The van der Waals surface area contributed by atoms with Gasteiger partial charge in [-0.1, -0.05) is 34.1 Å². The van der Waals surface area contributed by atoms with Crippen molar-refractivity contribution >= 4 is 22.2 Å². The molecule has 2 N–H and O–H groups in total. The molecule has 104 valence electrons. The lowest BCUT2D eigenvalue weighted by atomic mass is 10.0. The van der Waals surface area contributed by atoms with Crippen LogP contribution in [0.1, 0.15) is 47.0 Å². The van der Waals surface area contributed by atoms with Crippen LogP contribution in [-0.4, -0.2) is 28.0 Å². The lowest BCUT2D eigenvalue weighted by Gasteiger charge is -2.20. The zero-order valence-electron chi connectivity index (χ0n) is 11.0. The molecule has 17 heavy (non-hydrogen) atoms. The van der Waals surface area contributed by atoms with Crippen LogP contribution >= 0.6 is 0 Å². The molecule has 4 atom stereocenters. The second-order valence-electron chi connectivity index (χ2n) is 5.05. The molecule has 0 aliphatic rings. The molecule has 0 saturated heterocycles. The molecule has 0 aliphatic heterocycles. The first kappa shape index (κ1) is 17.2. The predicted molar refractivity (Wildman–Crippen MR) is 72.6 cm³/mol. The maximum atomic E-state index is 11.1. The highest BCUT2D eigenvalue weighted by atomic mass is 32.2. The quantitative estimate of drug-likeness (QED) is 0.672. The minimum Gasteiger partial charge on any atom is -0.306 e. The van der Waals surface area contributed by atoms with Gasteiger partial charge < -0.3 is 9.11 Å². The van der Waals surface area contributed by atoms with Gasteiger partial charge in [-0.15, -0.1) is 0 Å². The van der Waals surface area contributed by atoms with E-state index >= 15 is 0 Å². The molecule has 0 amide bonds. The van der Waals surface area contributed by atoms with Gasteiger partial charge >= 0.3 is 0 Å². The molecule has 0 rings (SSSR count). The SMILES string of the molecule is CC(C)C(CCCC(C(C)C)S(=O)O)S(=O)O. The van der Waals surface area contributed by atoms with Crippen LogP contribution in [0.5, 0.6) is 0 Å². The van der Waals surface area contributed by atoms with Crippen molar-refractivity contribution < 1.29 is 17.5 Å². The zero-order valence-corrected chi connectivity index (χ0v) is 12.6. The zero-order chi connectivity index (χ0) is 13.6. The first-order valence-corrected chi connectivity index (χ1v) is 8.30. The monoisotopic (exact) mass is 284 g/mol. The Labute approximate surface area is 109 Å². The summed E-state index contributed by atoms with van der Waals surface area (Å²) in [5.41, 5.74) is 0. The number of hydrogen-bond donors (Lipinski definition) is 2. The number of hydrogen-bond acceptors (Lipinski definition) is 2. The Hall–Kier alpha value is 0.220. The van der Waals surface area contributed by atoms with Crippen LogP contribution in [0.3, 0.4) is 0 Å². The molecule has 6 heteroatoms. The highest BCUT2D eigenvalue weighted by Crippen LogP contribution is 2.20. The van der Waals surface area contributed by atoms with Gasteiger partial charge in [0.1, 0.15) is 0 Å². The van der Waals surface area contributed by atoms with Crippen LogP contribution in [0.15, 0.2) is 0 Å². The van der Waals surface area contributed by atoms with Gasteiger partial charge in [-0.3, -0.25) is 0 Å². The summed E-state index contributed by atoms with van der Waals surface area (Å²) in [6.45, 7) is 7.68. The van der Waals surface area contributed by atoms with Crippen molar-refractivity contribution in [2.45, 2.75) is 57.5 Å². The molecule has 0 heterocycles. The summed E-state index contributed by atoms with van der Waals surface area (Å²) in [6, 6.07) is 0. The van der Waals surface area contributed by atoms with Crippen molar-refractivity contribution in [3.8, 4) is 0 Å². The first-order chi connectivity index (χ1) is 7.77. The third kappa shape index (κ3) is 6.64. The van der Waals surface area contributed by atoms with Crippen molar-refractivity contribution in [2.24, 2.45) is 11.8 Å². The normalized spacial score (nSPS) is 19.3. The Morgan fingerprint density at radius 3 is 1.29 bits per heavy atom. The summed E-state index contributed by atoms with van der Waals surface area (Å²) in [4.78, 5) is 0. The summed E-state index contributed by atoms with van der Waals surface area (Å²) >= 11 is -3.62. The molecule has 0 aromatic rings. The summed E-state index contributed by atoms with van der Waals surface area (Å²) in [6.07, 6.45) is 1.96.